The van der Waals surface area contributed by atoms with Gasteiger partial charge in [-0.3, -0.25) is 0 Å². The zero-order valence-corrected chi connectivity index (χ0v) is 12.6. The van der Waals surface area contributed by atoms with Crippen LogP contribution in [0, 0.1) is 0 Å². The van der Waals surface area contributed by atoms with Crippen LogP contribution in [0.15, 0.2) is 30.6 Å². The molecule has 0 amide bonds. The third-order valence-corrected chi connectivity index (χ3v) is 3.46. The van der Waals surface area contributed by atoms with Gasteiger partial charge in [-0.15, -0.1) is 0 Å². The molecular formula is C14H10ClF3N4O. The van der Waals surface area contributed by atoms with Crippen LogP contribution >= 0.6 is 11.6 Å². The van der Waals surface area contributed by atoms with Gasteiger partial charge in [0.05, 0.1) is 13.4 Å². The predicted octanol–water partition coefficient (Wildman–Crippen LogP) is 3.56. The molecule has 2 heterocycles. The molecule has 0 radical (unpaired) electrons. The van der Waals surface area contributed by atoms with Gasteiger partial charge in [0.25, 0.3) is 0 Å². The van der Waals surface area contributed by atoms with Gasteiger partial charge in [-0.25, -0.2) is 15.0 Å². The lowest BCUT2D eigenvalue weighted by molar-refractivity contribution is -0.144. The molecule has 9 heteroatoms. The SMILES string of the molecule is COc1ccc(Cn2cnc3nc(C(F)(F)F)nc(Cl)c32)cc1. The number of aromatic nitrogens is 4. The van der Waals surface area contributed by atoms with E-state index in [9.17, 15) is 13.2 Å². The summed E-state index contributed by atoms with van der Waals surface area (Å²) in [6.45, 7) is 0.370. The zero-order valence-electron chi connectivity index (χ0n) is 11.8. The number of benzene rings is 1. The van der Waals surface area contributed by atoms with Gasteiger partial charge in [0, 0.05) is 6.54 Å². The minimum Gasteiger partial charge on any atom is -0.497 e. The Bertz CT molecular complexity index is 846. The number of methoxy groups -OCH3 is 1. The molecule has 1 aromatic carbocycles. The van der Waals surface area contributed by atoms with Crippen LogP contribution in [-0.4, -0.2) is 26.6 Å². The lowest BCUT2D eigenvalue weighted by atomic mass is 10.2. The number of hydrogen-bond donors (Lipinski definition) is 0. The summed E-state index contributed by atoms with van der Waals surface area (Å²) < 4.78 is 44.7. The van der Waals surface area contributed by atoms with Crippen molar-refractivity contribution in [3.63, 3.8) is 0 Å². The highest BCUT2D eigenvalue weighted by Gasteiger charge is 2.36. The first-order chi connectivity index (χ1) is 10.9. The van der Waals surface area contributed by atoms with Crippen molar-refractivity contribution >= 4 is 22.8 Å². The van der Waals surface area contributed by atoms with Crippen molar-refractivity contribution in [3.8, 4) is 5.75 Å². The molecule has 120 valence electrons. The number of alkyl halides is 3. The van der Waals surface area contributed by atoms with E-state index in [1.807, 2.05) is 12.1 Å². The first-order valence-corrected chi connectivity index (χ1v) is 6.85. The number of nitrogens with zero attached hydrogens (tertiary/aromatic N) is 4. The Morgan fingerprint density at radius 1 is 1.17 bits per heavy atom. The quantitative estimate of drug-likeness (QED) is 0.683. The smallest absolute Gasteiger partial charge is 0.451 e. The molecular weight excluding hydrogens is 333 g/mol. The molecule has 0 saturated carbocycles. The first-order valence-electron chi connectivity index (χ1n) is 6.47. The summed E-state index contributed by atoms with van der Waals surface area (Å²) in [4.78, 5) is 10.6. The molecule has 0 spiro atoms. The highest BCUT2D eigenvalue weighted by atomic mass is 35.5. The number of halogens is 4. The largest absolute Gasteiger partial charge is 0.497 e. The van der Waals surface area contributed by atoms with Crippen molar-refractivity contribution in [3.05, 3.63) is 47.1 Å². The van der Waals surface area contributed by atoms with Gasteiger partial charge in [-0.2, -0.15) is 13.2 Å². The van der Waals surface area contributed by atoms with E-state index in [0.717, 1.165) is 5.56 Å². The van der Waals surface area contributed by atoms with Crippen molar-refractivity contribution in [2.45, 2.75) is 12.7 Å². The van der Waals surface area contributed by atoms with Gasteiger partial charge in [0.15, 0.2) is 10.8 Å². The molecule has 2 aromatic heterocycles. The van der Waals surface area contributed by atoms with Crippen molar-refractivity contribution in [1.82, 2.24) is 19.5 Å². The van der Waals surface area contributed by atoms with E-state index in [0.29, 0.717) is 12.3 Å². The molecule has 0 atom stereocenters. The van der Waals surface area contributed by atoms with Crippen LogP contribution in [0.3, 0.4) is 0 Å². The van der Waals surface area contributed by atoms with Crippen molar-refractivity contribution in [2.24, 2.45) is 0 Å². The summed E-state index contributed by atoms with van der Waals surface area (Å²) in [5.41, 5.74) is 1.07. The van der Waals surface area contributed by atoms with Crippen LogP contribution < -0.4 is 4.74 Å². The van der Waals surface area contributed by atoms with E-state index < -0.39 is 12.0 Å². The maximum absolute atomic E-state index is 12.7. The fourth-order valence-corrected chi connectivity index (χ4v) is 2.38. The van der Waals surface area contributed by atoms with E-state index >= 15 is 0 Å². The number of rotatable bonds is 3. The van der Waals surface area contributed by atoms with Gasteiger partial charge in [0.2, 0.25) is 5.82 Å². The average Bonchev–Trinajstić information content (AvgIpc) is 2.91. The Kier molecular flexibility index (Phi) is 3.85. The van der Waals surface area contributed by atoms with Gasteiger partial charge >= 0.3 is 6.18 Å². The molecule has 0 unspecified atom stereocenters. The third kappa shape index (κ3) is 3.07. The molecule has 0 aliphatic carbocycles. The van der Waals surface area contributed by atoms with Crippen molar-refractivity contribution in [1.29, 1.82) is 0 Å². The summed E-state index contributed by atoms with van der Waals surface area (Å²) in [5, 5.41) is -0.284. The van der Waals surface area contributed by atoms with Crippen LogP contribution in [0.25, 0.3) is 11.2 Å². The van der Waals surface area contributed by atoms with Crippen LogP contribution in [-0.2, 0) is 12.7 Å². The first kappa shape index (κ1) is 15.5. The standard InChI is InChI=1S/C14H10ClF3N4O/c1-23-9-4-2-8(3-5-9)6-22-7-19-12-10(22)11(15)20-13(21-12)14(16,17)18/h2-5,7H,6H2,1H3. The maximum atomic E-state index is 12.7. The van der Waals surface area contributed by atoms with Crippen LogP contribution in [0.1, 0.15) is 11.4 Å². The number of hydrogen-bond acceptors (Lipinski definition) is 4. The van der Waals surface area contributed by atoms with Gasteiger partial charge in [-0.05, 0) is 17.7 Å². The molecule has 23 heavy (non-hydrogen) atoms. The highest BCUT2D eigenvalue weighted by molar-refractivity contribution is 6.33. The van der Waals surface area contributed by atoms with E-state index in [2.05, 4.69) is 15.0 Å². The lowest BCUT2D eigenvalue weighted by Crippen LogP contribution is -2.11. The number of ether oxygens (including phenoxy) is 1. The molecule has 0 N–H and O–H groups in total. The lowest BCUT2D eigenvalue weighted by Gasteiger charge is -2.08. The van der Waals surface area contributed by atoms with Crippen molar-refractivity contribution in [2.75, 3.05) is 7.11 Å². The normalized spacial score (nSPS) is 11.9. The average molecular weight is 343 g/mol. The van der Waals surface area contributed by atoms with Crippen LogP contribution in [0.2, 0.25) is 5.15 Å². The maximum Gasteiger partial charge on any atom is 0.451 e. The topological polar surface area (TPSA) is 52.8 Å². The van der Waals surface area contributed by atoms with Gasteiger partial charge in [-0.1, -0.05) is 23.7 Å². The Hall–Kier alpha value is -2.35. The third-order valence-electron chi connectivity index (χ3n) is 3.20. The van der Waals surface area contributed by atoms with E-state index in [1.54, 1.807) is 23.8 Å². The van der Waals surface area contributed by atoms with Gasteiger partial charge < -0.3 is 9.30 Å². The fourth-order valence-electron chi connectivity index (χ4n) is 2.11. The van der Waals surface area contributed by atoms with E-state index in [1.165, 1.54) is 6.33 Å². The highest BCUT2D eigenvalue weighted by Crippen LogP contribution is 2.30. The minimum absolute atomic E-state index is 0.0918. The Balaban J connectivity index is 1.98. The summed E-state index contributed by atoms with van der Waals surface area (Å²) in [6.07, 6.45) is -3.28. The molecule has 0 saturated heterocycles. The molecule has 0 bridgehead atoms. The molecule has 0 fully saturated rings. The second-order valence-corrected chi connectivity index (χ2v) is 5.09. The molecule has 3 rings (SSSR count). The Morgan fingerprint density at radius 2 is 1.87 bits per heavy atom. The summed E-state index contributed by atoms with van der Waals surface area (Å²) >= 11 is 5.90. The second-order valence-electron chi connectivity index (χ2n) is 4.73. The molecule has 0 aliphatic rings. The second kappa shape index (κ2) is 5.69. The minimum atomic E-state index is -4.67. The molecule has 0 aliphatic heterocycles. The Labute approximate surface area is 133 Å². The fraction of sp³-hybridized carbons (Fsp3) is 0.214. The summed E-state index contributed by atoms with van der Waals surface area (Å²) in [6, 6.07) is 7.25. The van der Waals surface area contributed by atoms with Crippen LogP contribution in [0.4, 0.5) is 13.2 Å². The van der Waals surface area contributed by atoms with E-state index in [-0.39, 0.29) is 16.3 Å². The molecule has 5 nitrogen and oxygen atoms in total. The van der Waals surface area contributed by atoms with Crippen LogP contribution in [0.5, 0.6) is 5.75 Å². The monoisotopic (exact) mass is 342 g/mol. The summed E-state index contributed by atoms with van der Waals surface area (Å²) in [5.74, 6) is -0.592. The summed E-state index contributed by atoms with van der Waals surface area (Å²) in [7, 11) is 1.56. The van der Waals surface area contributed by atoms with Crippen molar-refractivity contribution < 1.29 is 17.9 Å². The number of fused-ring (bicyclic) bond motifs is 1. The van der Waals surface area contributed by atoms with Gasteiger partial charge in [0.1, 0.15) is 11.3 Å². The Morgan fingerprint density at radius 3 is 2.48 bits per heavy atom. The zero-order chi connectivity index (χ0) is 16.6. The number of imidazole rings is 1. The predicted molar refractivity (Wildman–Crippen MR) is 77.4 cm³/mol. The van der Waals surface area contributed by atoms with E-state index in [4.69, 9.17) is 16.3 Å². The molecule has 3 aromatic rings.